The molecule has 6 heteroatoms. The summed E-state index contributed by atoms with van der Waals surface area (Å²) in [4.78, 5) is 4.02. The van der Waals surface area contributed by atoms with Crippen LogP contribution in [0.2, 0.25) is 0 Å². The molecule has 0 atom stereocenters. The second kappa shape index (κ2) is 4.12. The van der Waals surface area contributed by atoms with Gasteiger partial charge in [0.1, 0.15) is 5.82 Å². The summed E-state index contributed by atoms with van der Waals surface area (Å²) in [6.07, 6.45) is 2.09. The zero-order valence-electron chi connectivity index (χ0n) is 8.53. The number of hydrogen-bond acceptors (Lipinski definition) is 5. The van der Waals surface area contributed by atoms with E-state index in [0.29, 0.717) is 29.3 Å². The minimum absolute atomic E-state index is 0.392. The van der Waals surface area contributed by atoms with Gasteiger partial charge in [-0.2, -0.15) is 10.3 Å². The molecule has 0 spiro atoms. The van der Waals surface area contributed by atoms with Gasteiger partial charge in [0, 0.05) is 6.07 Å². The Morgan fingerprint density at radius 3 is 3.13 bits per heavy atom. The SMILES string of the molecule is CCCCOc1cc(N)nc2n[nH]nc12. The molecule has 3 N–H and O–H groups in total. The van der Waals surface area contributed by atoms with Crippen molar-refractivity contribution in [2.45, 2.75) is 19.8 Å². The molecule has 2 heterocycles. The number of aromatic nitrogens is 4. The third-order valence-corrected chi connectivity index (χ3v) is 2.03. The van der Waals surface area contributed by atoms with Gasteiger partial charge in [-0.25, -0.2) is 4.98 Å². The Kier molecular flexibility index (Phi) is 2.66. The summed E-state index contributed by atoms with van der Waals surface area (Å²) in [5.74, 6) is 1.03. The van der Waals surface area contributed by atoms with Crippen molar-refractivity contribution < 1.29 is 4.74 Å². The van der Waals surface area contributed by atoms with E-state index in [9.17, 15) is 0 Å². The molecule has 0 bridgehead atoms. The smallest absolute Gasteiger partial charge is 0.207 e. The first-order chi connectivity index (χ1) is 7.31. The van der Waals surface area contributed by atoms with Gasteiger partial charge in [0.25, 0.3) is 0 Å². The molecule has 0 aliphatic heterocycles. The number of fused-ring (bicyclic) bond motifs is 1. The van der Waals surface area contributed by atoms with E-state index < -0.39 is 0 Å². The molecule has 2 rings (SSSR count). The van der Waals surface area contributed by atoms with Crippen molar-refractivity contribution in [2.24, 2.45) is 0 Å². The highest BCUT2D eigenvalue weighted by molar-refractivity contribution is 5.78. The van der Waals surface area contributed by atoms with Crippen LogP contribution in [0.25, 0.3) is 11.2 Å². The lowest BCUT2D eigenvalue weighted by molar-refractivity contribution is 0.312. The first kappa shape index (κ1) is 9.70. The Morgan fingerprint density at radius 1 is 1.47 bits per heavy atom. The van der Waals surface area contributed by atoms with E-state index in [-0.39, 0.29) is 0 Å². The monoisotopic (exact) mass is 207 g/mol. The summed E-state index contributed by atoms with van der Waals surface area (Å²) < 4.78 is 5.56. The summed E-state index contributed by atoms with van der Waals surface area (Å²) >= 11 is 0. The Morgan fingerprint density at radius 2 is 2.33 bits per heavy atom. The van der Waals surface area contributed by atoms with Crippen LogP contribution in [0.3, 0.4) is 0 Å². The zero-order chi connectivity index (χ0) is 10.7. The molecular weight excluding hydrogens is 194 g/mol. The lowest BCUT2D eigenvalue weighted by Crippen LogP contribution is -1.99. The van der Waals surface area contributed by atoms with Crippen molar-refractivity contribution in [1.29, 1.82) is 0 Å². The Labute approximate surface area is 86.8 Å². The van der Waals surface area contributed by atoms with Crippen molar-refractivity contribution in [2.75, 3.05) is 12.3 Å². The van der Waals surface area contributed by atoms with E-state index in [1.54, 1.807) is 6.07 Å². The van der Waals surface area contributed by atoms with Crippen LogP contribution in [-0.4, -0.2) is 27.0 Å². The summed E-state index contributed by atoms with van der Waals surface area (Å²) in [5.41, 5.74) is 6.73. The van der Waals surface area contributed by atoms with Gasteiger partial charge in [-0.1, -0.05) is 13.3 Å². The second-order valence-corrected chi connectivity index (χ2v) is 3.24. The molecule has 0 aromatic carbocycles. The maximum atomic E-state index is 5.62. The number of anilines is 1. The van der Waals surface area contributed by atoms with Gasteiger partial charge in [-0.05, 0) is 6.42 Å². The maximum Gasteiger partial charge on any atom is 0.207 e. The minimum atomic E-state index is 0.392. The molecule has 0 amide bonds. The van der Waals surface area contributed by atoms with E-state index >= 15 is 0 Å². The predicted molar refractivity (Wildman–Crippen MR) is 56.5 cm³/mol. The van der Waals surface area contributed by atoms with E-state index in [4.69, 9.17) is 10.5 Å². The van der Waals surface area contributed by atoms with Crippen molar-refractivity contribution >= 4 is 17.0 Å². The van der Waals surface area contributed by atoms with Gasteiger partial charge in [0.15, 0.2) is 11.3 Å². The molecule has 0 saturated carbocycles. The number of pyridine rings is 1. The number of nitrogens with two attached hydrogens (primary N) is 1. The lowest BCUT2D eigenvalue weighted by atomic mass is 10.3. The fourth-order valence-corrected chi connectivity index (χ4v) is 1.26. The highest BCUT2D eigenvalue weighted by Gasteiger charge is 2.08. The molecule has 0 aliphatic carbocycles. The summed E-state index contributed by atoms with van der Waals surface area (Å²) in [7, 11) is 0. The highest BCUT2D eigenvalue weighted by atomic mass is 16.5. The first-order valence-electron chi connectivity index (χ1n) is 4.91. The van der Waals surface area contributed by atoms with Gasteiger partial charge in [0.2, 0.25) is 5.65 Å². The molecule has 2 aromatic heterocycles. The van der Waals surface area contributed by atoms with Gasteiger partial charge < -0.3 is 10.5 Å². The lowest BCUT2D eigenvalue weighted by Gasteiger charge is -2.05. The number of unbranched alkanes of at least 4 members (excludes halogenated alkanes) is 1. The third kappa shape index (κ3) is 1.98. The molecule has 2 aromatic rings. The van der Waals surface area contributed by atoms with E-state index in [1.807, 2.05) is 0 Å². The van der Waals surface area contributed by atoms with E-state index in [0.717, 1.165) is 12.8 Å². The number of nitrogens with zero attached hydrogens (tertiary/aromatic N) is 3. The molecule has 0 saturated heterocycles. The number of nitrogen functional groups attached to an aromatic ring is 1. The van der Waals surface area contributed by atoms with E-state index in [1.165, 1.54) is 0 Å². The van der Waals surface area contributed by atoms with Crippen LogP contribution in [0.15, 0.2) is 6.07 Å². The Hall–Kier alpha value is -1.85. The van der Waals surface area contributed by atoms with Crippen molar-refractivity contribution in [3.63, 3.8) is 0 Å². The topological polar surface area (TPSA) is 89.7 Å². The molecular formula is C9H13N5O. The highest BCUT2D eigenvalue weighted by Crippen LogP contribution is 2.22. The molecule has 80 valence electrons. The quantitative estimate of drug-likeness (QED) is 0.733. The average molecular weight is 207 g/mol. The van der Waals surface area contributed by atoms with Crippen LogP contribution in [-0.2, 0) is 0 Å². The molecule has 0 unspecified atom stereocenters. The standard InChI is InChI=1S/C9H13N5O/c1-2-3-4-15-6-5-7(10)11-9-8(6)12-14-13-9/h5H,2-4H2,1H3,(H3,10,11,12,13,14). The predicted octanol–water partition coefficient (Wildman–Crippen LogP) is 1.11. The fourth-order valence-electron chi connectivity index (χ4n) is 1.26. The fraction of sp³-hybridized carbons (Fsp3) is 0.444. The number of H-pyrrole nitrogens is 1. The Bertz CT molecular complexity index is 453. The summed E-state index contributed by atoms with van der Waals surface area (Å²) in [6.45, 7) is 2.76. The number of hydrogen-bond donors (Lipinski definition) is 2. The zero-order valence-corrected chi connectivity index (χ0v) is 8.53. The number of nitrogens with one attached hydrogen (secondary N) is 1. The van der Waals surface area contributed by atoms with Crippen LogP contribution < -0.4 is 10.5 Å². The number of ether oxygens (including phenoxy) is 1. The van der Waals surface area contributed by atoms with Crippen LogP contribution in [0.5, 0.6) is 5.75 Å². The molecule has 0 fully saturated rings. The van der Waals surface area contributed by atoms with Crippen molar-refractivity contribution in [3.05, 3.63) is 6.07 Å². The first-order valence-corrected chi connectivity index (χ1v) is 4.91. The van der Waals surface area contributed by atoms with Crippen molar-refractivity contribution in [1.82, 2.24) is 20.4 Å². The van der Waals surface area contributed by atoms with Crippen LogP contribution in [0.4, 0.5) is 5.82 Å². The largest absolute Gasteiger partial charge is 0.491 e. The maximum absolute atomic E-state index is 5.62. The molecule has 15 heavy (non-hydrogen) atoms. The van der Waals surface area contributed by atoms with E-state index in [2.05, 4.69) is 27.3 Å². The van der Waals surface area contributed by atoms with Gasteiger partial charge >= 0.3 is 0 Å². The van der Waals surface area contributed by atoms with Crippen LogP contribution >= 0.6 is 0 Å². The summed E-state index contributed by atoms with van der Waals surface area (Å²) in [5, 5.41) is 10.3. The number of rotatable bonds is 4. The van der Waals surface area contributed by atoms with Crippen LogP contribution in [0.1, 0.15) is 19.8 Å². The number of aromatic amines is 1. The summed E-state index contributed by atoms with van der Waals surface area (Å²) in [6, 6.07) is 1.67. The normalized spacial score (nSPS) is 10.7. The van der Waals surface area contributed by atoms with Gasteiger partial charge in [0.05, 0.1) is 6.61 Å². The van der Waals surface area contributed by atoms with Crippen LogP contribution in [0, 0.1) is 0 Å². The minimum Gasteiger partial charge on any atom is -0.491 e. The van der Waals surface area contributed by atoms with Gasteiger partial charge in [-0.3, -0.25) is 0 Å². The second-order valence-electron chi connectivity index (χ2n) is 3.24. The average Bonchev–Trinajstić information content (AvgIpc) is 2.65. The molecule has 6 nitrogen and oxygen atoms in total. The third-order valence-electron chi connectivity index (χ3n) is 2.03. The molecule has 0 radical (unpaired) electrons. The molecule has 0 aliphatic rings. The van der Waals surface area contributed by atoms with Crippen molar-refractivity contribution in [3.8, 4) is 5.75 Å². The Balaban J connectivity index is 2.27. The van der Waals surface area contributed by atoms with Gasteiger partial charge in [-0.15, -0.1) is 5.10 Å².